The van der Waals surface area contributed by atoms with Gasteiger partial charge in [0.2, 0.25) is 0 Å². The van der Waals surface area contributed by atoms with E-state index >= 15 is 0 Å². The van der Waals surface area contributed by atoms with E-state index in [1.165, 1.54) is 18.2 Å². The minimum Gasteiger partial charge on any atom is -0.311 e. The van der Waals surface area contributed by atoms with E-state index in [2.05, 4.69) is 15.6 Å². The van der Waals surface area contributed by atoms with Gasteiger partial charge in [-0.25, -0.2) is 8.78 Å². The lowest BCUT2D eigenvalue weighted by Gasteiger charge is -2.06. The van der Waals surface area contributed by atoms with Crippen molar-refractivity contribution in [2.45, 2.75) is 13.1 Å². The van der Waals surface area contributed by atoms with Gasteiger partial charge in [-0.3, -0.25) is 4.68 Å². The summed E-state index contributed by atoms with van der Waals surface area (Å²) >= 11 is 0. The van der Waals surface area contributed by atoms with Crippen molar-refractivity contribution in [2.75, 3.05) is 6.54 Å². The van der Waals surface area contributed by atoms with Crippen LogP contribution < -0.4 is 5.32 Å². The van der Waals surface area contributed by atoms with Crippen molar-refractivity contribution < 1.29 is 8.78 Å². The molecule has 0 unspecified atom stereocenters. The predicted octanol–water partition coefficient (Wildman–Crippen LogP) is 1.35. The Kier molecular flexibility index (Phi) is 3.77. The number of hydrogen-bond acceptors (Lipinski definition) is 3. The molecule has 1 aromatic heterocycles. The average molecular weight is 238 g/mol. The Morgan fingerprint density at radius 1 is 1.24 bits per heavy atom. The third-order valence-electron chi connectivity index (χ3n) is 2.35. The zero-order valence-corrected chi connectivity index (χ0v) is 9.11. The summed E-state index contributed by atoms with van der Waals surface area (Å²) in [5.74, 6) is -1.06. The Balaban J connectivity index is 1.82. The largest absolute Gasteiger partial charge is 0.311 e. The molecule has 1 aromatic carbocycles. The van der Waals surface area contributed by atoms with Gasteiger partial charge < -0.3 is 5.32 Å². The van der Waals surface area contributed by atoms with Gasteiger partial charge in [-0.2, -0.15) is 0 Å². The van der Waals surface area contributed by atoms with Gasteiger partial charge in [-0.15, -0.1) is 5.10 Å². The zero-order chi connectivity index (χ0) is 12.1. The summed E-state index contributed by atoms with van der Waals surface area (Å²) in [6.07, 6.45) is 3.31. The maximum atomic E-state index is 13.2. The number of aromatic nitrogens is 3. The highest BCUT2D eigenvalue weighted by atomic mass is 19.1. The summed E-state index contributed by atoms with van der Waals surface area (Å²) in [4.78, 5) is 0. The molecule has 1 N–H and O–H groups in total. The normalized spacial score (nSPS) is 10.7. The molecular formula is C11H12F2N4. The maximum Gasteiger partial charge on any atom is 0.130 e. The number of nitrogens with one attached hydrogen (secondary N) is 1. The third kappa shape index (κ3) is 3.07. The monoisotopic (exact) mass is 238 g/mol. The fourth-order valence-corrected chi connectivity index (χ4v) is 1.46. The molecule has 2 aromatic rings. The van der Waals surface area contributed by atoms with E-state index in [0.717, 1.165) is 0 Å². The van der Waals surface area contributed by atoms with Crippen molar-refractivity contribution in [2.24, 2.45) is 0 Å². The fraction of sp³-hybridized carbons (Fsp3) is 0.273. The number of rotatable bonds is 5. The highest BCUT2D eigenvalue weighted by molar-refractivity contribution is 5.19. The van der Waals surface area contributed by atoms with Gasteiger partial charge in [0.05, 0.1) is 12.7 Å². The van der Waals surface area contributed by atoms with E-state index in [0.29, 0.717) is 13.1 Å². The van der Waals surface area contributed by atoms with Crippen molar-refractivity contribution in [3.8, 4) is 0 Å². The number of benzene rings is 1. The molecule has 0 aliphatic carbocycles. The van der Waals surface area contributed by atoms with Crippen LogP contribution in [0.3, 0.4) is 0 Å². The number of halogens is 2. The molecule has 0 fully saturated rings. The van der Waals surface area contributed by atoms with Gasteiger partial charge in [0.15, 0.2) is 0 Å². The summed E-state index contributed by atoms with van der Waals surface area (Å²) < 4.78 is 28.1. The summed E-state index contributed by atoms with van der Waals surface area (Å²) in [6.45, 7) is 1.33. The Labute approximate surface area is 97.3 Å². The molecule has 0 spiro atoms. The van der Waals surface area contributed by atoms with E-state index in [1.54, 1.807) is 17.1 Å². The van der Waals surface area contributed by atoms with Crippen LogP contribution in [-0.2, 0) is 13.1 Å². The first kappa shape index (κ1) is 11.7. The first-order valence-corrected chi connectivity index (χ1v) is 5.25. The van der Waals surface area contributed by atoms with Crippen LogP contribution >= 0.6 is 0 Å². The van der Waals surface area contributed by atoms with Crippen molar-refractivity contribution in [1.82, 2.24) is 20.3 Å². The van der Waals surface area contributed by atoms with Crippen LogP contribution in [0.15, 0.2) is 30.6 Å². The minimum atomic E-state index is -0.529. The lowest BCUT2D eigenvalue weighted by Crippen LogP contribution is -2.21. The number of hydrogen-bond donors (Lipinski definition) is 1. The van der Waals surface area contributed by atoms with Gasteiger partial charge >= 0.3 is 0 Å². The van der Waals surface area contributed by atoms with Crippen molar-refractivity contribution in [3.05, 3.63) is 47.8 Å². The first-order valence-electron chi connectivity index (χ1n) is 5.25. The van der Waals surface area contributed by atoms with Crippen molar-refractivity contribution in [1.29, 1.82) is 0 Å². The molecule has 4 nitrogen and oxygen atoms in total. The smallest absolute Gasteiger partial charge is 0.130 e. The molecule has 0 aliphatic heterocycles. The van der Waals surface area contributed by atoms with E-state index in [9.17, 15) is 8.78 Å². The van der Waals surface area contributed by atoms with Gasteiger partial charge in [0, 0.05) is 24.8 Å². The zero-order valence-electron chi connectivity index (χ0n) is 9.11. The molecule has 17 heavy (non-hydrogen) atoms. The van der Waals surface area contributed by atoms with Crippen LogP contribution in [-0.4, -0.2) is 21.5 Å². The van der Waals surface area contributed by atoms with Crippen LogP contribution in [0.25, 0.3) is 0 Å². The first-order chi connectivity index (χ1) is 8.27. The Morgan fingerprint density at radius 2 is 2.00 bits per heavy atom. The minimum absolute atomic E-state index is 0.0612. The number of nitrogens with zero attached hydrogens (tertiary/aromatic N) is 3. The van der Waals surface area contributed by atoms with Crippen LogP contribution in [0.5, 0.6) is 0 Å². The molecule has 0 amide bonds. The second-order valence-corrected chi connectivity index (χ2v) is 3.54. The van der Waals surface area contributed by atoms with Crippen LogP contribution in [0, 0.1) is 11.6 Å². The molecule has 0 bridgehead atoms. The molecule has 1 heterocycles. The second kappa shape index (κ2) is 5.49. The Bertz CT molecular complexity index is 450. The van der Waals surface area contributed by atoms with Crippen LogP contribution in [0.4, 0.5) is 8.78 Å². The topological polar surface area (TPSA) is 42.7 Å². The lowest BCUT2D eigenvalue weighted by atomic mass is 10.2. The van der Waals surface area contributed by atoms with E-state index < -0.39 is 11.6 Å². The van der Waals surface area contributed by atoms with Gasteiger partial charge in [-0.1, -0.05) is 11.3 Å². The Hall–Kier alpha value is -1.82. The van der Waals surface area contributed by atoms with Crippen molar-refractivity contribution >= 4 is 0 Å². The van der Waals surface area contributed by atoms with Gasteiger partial charge in [0.25, 0.3) is 0 Å². The van der Waals surface area contributed by atoms with E-state index in [1.807, 2.05) is 0 Å². The van der Waals surface area contributed by atoms with Gasteiger partial charge in [0.1, 0.15) is 11.6 Å². The quantitative estimate of drug-likeness (QED) is 0.799. The predicted molar refractivity (Wildman–Crippen MR) is 58.1 cm³/mol. The lowest BCUT2D eigenvalue weighted by molar-refractivity contribution is 0.508. The third-order valence-corrected chi connectivity index (χ3v) is 2.35. The van der Waals surface area contributed by atoms with Crippen LogP contribution in [0.1, 0.15) is 5.56 Å². The standard InChI is InChI=1S/C11H12F2N4/c12-10-2-1-3-11(13)9(10)8-14-4-6-17-7-5-15-16-17/h1-3,5,7,14H,4,6,8H2. The molecule has 0 saturated carbocycles. The maximum absolute atomic E-state index is 13.2. The van der Waals surface area contributed by atoms with E-state index in [-0.39, 0.29) is 12.1 Å². The summed E-state index contributed by atoms with van der Waals surface area (Å²) in [7, 11) is 0. The molecule has 2 rings (SSSR count). The molecular weight excluding hydrogens is 226 g/mol. The molecule has 0 radical (unpaired) electrons. The highest BCUT2D eigenvalue weighted by Gasteiger charge is 2.06. The summed E-state index contributed by atoms with van der Waals surface area (Å²) in [5.41, 5.74) is 0.0612. The molecule has 0 saturated heterocycles. The summed E-state index contributed by atoms with van der Waals surface area (Å²) in [6, 6.07) is 3.85. The molecule has 0 atom stereocenters. The Morgan fingerprint density at radius 3 is 2.65 bits per heavy atom. The molecule has 0 aliphatic rings. The molecule has 90 valence electrons. The second-order valence-electron chi connectivity index (χ2n) is 3.54. The van der Waals surface area contributed by atoms with Crippen molar-refractivity contribution in [3.63, 3.8) is 0 Å². The van der Waals surface area contributed by atoms with E-state index in [4.69, 9.17) is 0 Å². The molecule has 6 heteroatoms. The van der Waals surface area contributed by atoms with Gasteiger partial charge in [-0.05, 0) is 12.1 Å². The summed E-state index contributed by atoms with van der Waals surface area (Å²) in [5, 5.41) is 10.4. The SMILES string of the molecule is Fc1cccc(F)c1CNCCn1ccnn1. The highest BCUT2D eigenvalue weighted by Crippen LogP contribution is 2.11. The average Bonchev–Trinajstić information content (AvgIpc) is 2.80. The fourth-order valence-electron chi connectivity index (χ4n) is 1.46. The van der Waals surface area contributed by atoms with Crippen LogP contribution in [0.2, 0.25) is 0 Å².